The van der Waals surface area contributed by atoms with E-state index in [1.807, 2.05) is 24.3 Å². The molecule has 164 valence electrons. The number of rotatable bonds is 6. The molecule has 1 aromatic rings. The number of urea groups is 1. The van der Waals surface area contributed by atoms with Crippen LogP contribution in [0.15, 0.2) is 24.3 Å². The second-order valence-corrected chi connectivity index (χ2v) is 9.85. The number of anilines is 1. The normalized spacial score (nSPS) is 24.5. The molecule has 1 saturated heterocycles. The van der Waals surface area contributed by atoms with Crippen LogP contribution in [0.5, 0.6) is 0 Å². The fourth-order valence-electron chi connectivity index (χ4n) is 4.66. The summed E-state index contributed by atoms with van der Waals surface area (Å²) in [4.78, 5) is 39.3. The first-order chi connectivity index (χ1) is 14.1. The SMILES string of the molecule is CCC(C)(C)C1CCC2(CC1)NC(=O)N(CC(=O)Nc1cccc(C(C)C)c1)C2=O. The van der Waals surface area contributed by atoms with Crippen LogP contribution < -0.4 is 10.6 Å². The van der Waals surface area contributed by atoms with Gasteiger partial charge in [-0.3, -0.25) is 14.5 Å². The van der Waals surface area contributed by atoms with Gasteiger partial charge in [0.15, 0.2) is 0 Å². The first-order valence-corrected chi connectivity index (χ1v) is 11.1. The lowest BCUT2D eigenvalue weighted by molar-refractivity contribution is -0.135. The summed E-state index contributed by atoms with van der Waals surface area (Å²) in [5.41, 5.74) is 1.19. The Bertz CT molecular complexity index is 823. The molecule has 1 heterocycles. The third-order valence-electron chi connectivity index (χ3n) is 7.24. The maximum atomic E-state index is 13.1. The number of hydrogen-bond donors (Lipinski definition) is 2. The van der Waals surface area contributed by atoms with Crippen LogP contribution in [0, 0.1) is 11.3 Å². The zero-order chi connectivity index (χ0) is 22.1. The summed E-state index contributed by atoms with van der Waals surface area (Å²) in [7, 11) is 0. The van der Waals surface area contributed by atoms with Gasteiger partial charge in [-0.2, -0.15) is 0 Å². The van der Waals surface area contributed by atoms with Crippen molar-refractivity contribution in [2.45, 2.75) is 78.2 Å². The summed E-state index contributed by atoms with van der Waals surface area (Å²) < 4.78 is 0. The molecule has 2 N–H and O–H groups in total. The largest absolute Gasteiger partial charge is 0.325 e. The molecule has 4 amide bonds. The van der Waals surface area contributed by atoms with Crippen LogP contribution in [-0.2, 0) is 9.59 Å². The molecule has 0 unspecified atom stereocenters. The molecule has 0 atom stereocenters. The molecule has 1 aromatic carbocycles. The minimum Gasteiger partial charge on any atom is -0.325 e. The Hall–Kier alpha value is -2.37. The topological polar surface area (TPSA) is 78.5 Å². The highest BCUT2D eigenvalue weighted by Gasteiger charge is 2.53. The Morgan fingerprint density at radius 2 is 1.93 bits per heavy atom. The number of amides is 4. The van der Waals surface area contributed by atoms with Crippen molar-refractivity contribution in [1.29, 1.82) is 0 Å². The summed E-state index contributed by atoms with van der Waals surface area (Å²) in [5.74, 6) is 0.271. The van der Waals surface area contributed by atoms with E-state index in [9.17, 15) is 14.4 Å². The molecule has 0 radical (unpaired) electrons. The van der Waals surface area contributed by atoms with E-state index in [2.05, 4.69) is 45.3 Å². The number of benzene rings is 1. The van der Waals surface area contributed by atoms with Crippen LogP contribution in [0.2, 0.25) is 0 Å². The molecule has 6 heteroatoms. The molecular formula is C24H35N3O3. The number of imide groups is 1. The van der Waals surface area contributed by atoms with Crippen molar-refractivity contribution >= 4 is 23.5 Å². The predicted molar refractivity (Wildman–Crippen MR) is 118 cm³/mol. The van der Waals surface area contributed by atoms with Crippen molar-refractivity contribution in [2.24, 2.45) is 11.3 Å². The molecule has 30 heavy (non-hydrogen) atoms. The van der Waals surface area contributed by atoms with E-state index >= 15 is 0 Å². The molecular weight excluding hydrogens is 378 g/mol. The molecule has 0 aromatic heterocycles. The Morgan fingerprint density at radius 3 is 2.53 bits per heavy atom. The van der Waals surface area contributed by atoms with Gasteiger partial charge in [0.05, 0.1) is 0 Å². The lowest BCUT2D eigenvalue weighted by atomic mass is 9.65. The number of nitrogens with zero attached hydrogens (tertiary/aromatic N) is 1. The highest BCUT2D eigenvalue weighted by atomic mass is 16.2. The van der Waals surface area contributed by atoms with Gasteiger partial charge in [0.2, 0.25) is 5.91 Å². The summed E-state index contributed by atoms with van der Waals surface area (Å²) in [6.07, 6.45) is 4.19. The van der Waals surface area contributed by atoms with Crippen molar-refractivity contribution in [3.63, 3.8) is 0 Å². The molecule has 1 aliphatic heterocycles. The third-order valence-corrected chi connectivity index (χ3v) is 7.24. The number of hydrogen-bond acceptors (Lipinski definition) is 3. The third kappa shape index (κ3) is 4.37. The van der Waals surface area contributed by atoms with Gasteiger partial charge in [-0.25, -0.2) is 4.79 Å². The van der Waals surface area contributed by atoms with Gasteiger partial charge in [0.1, 0.15) is 12.1 Å². The standard InChI is InChI=1S/C24H35N3O3/c1-6-23(4,5)18-10-12-24(13-11-18)21(29)27(22(30)26-24)15-20(28)25-19-9-7-8-17(14-19)16(2)3/h7-9,14,16,18H,6,10-13,15H2,1-5H3,(H,25,28)(H,26,30). The summed E-state index contributed by atoms with van der Waals surface area (Å²) in [5, 5.41) is 5.73. The summed E-state index contributed by atoms with van der Waals surface area (Å²) in [6.45, 7) is 10.7. The van der Waals surface area contributed by atoms with E-state index in [1.165, 1.54) is 0 Å². The van der Waals surface area contributed by atoms with Crippen LogP contribution in [0.25, 0.3) is 0 Å². The molecule has 0 bridgehead atoms. The van der Waals surface area contributed by atoms with E-state index in [-0.39, 0.29) is 23.8 Å². The van der Waals surface area contributed by atoms with Crippen molar-refractivity contribution in [3.05, 3.63) is 29.8 Å². The smallest absolute Gasteiger partial charge is 0.325 e. The Morgan fingerprint density at radius 1 is 1.27 bits per heavy atom. The predicted octanol–water partition coefficient (Wildman–Crippen LogP) is 4.67. The average molecular weight is 414 g/mol. The van der Waals surface area contributed by atoms with Crippen molar-refractivity contribution < 1.29 is 14.4 Å². The van der Waals surface area contributed by atoms with Crippen LogP contribution >= 0.6 is 0 Å². The van der Waals surface area contributed by atoms with E-state index in [0.717, 1.165) is 29.7 Å². The first kappa shape index (κ1) is 22.3. The van der Waals surface area contributed by atoms with Crippen molar-refractivity contribution in [2.75, 3.05) is 11.9 Å². The van der Waals surface area contributed by atoms with Crippen molar-refractivity contribution in [1.82, 2.24) is 10.2 Å². The molecule has 2 fully saturated rings. The van der Waals surface area contributed by atoms with Gasteiger partial charge in [-0.1, -0.05) is 53.2 Å². The van der Waals surface area contributed by atoms with Gasteiger partial charge < -0.3 is 10.6 Å². The van der Waals surface area contributed by atoms with Crippen LogP contribution in [0.1, 0.15) is 78.2 Å². The van der Waals surface area contributed by atoms with E-state index in [4.69, 9.17) is 0 Å². The summed E-state index contributed by atoms with van der Waals surface area (Å²) >= 11 is 0. The zero-order valence-corrected chi connectivity index (χ0v) is 18.9. The quantitative estimate of drug-likeness (QED) is 0.666. The fourth-order valence-corrected chi connectivity index (χ4v) is 4.66. The Labute approximate surface area is 179 Å². The van der Waals surface area contributed by atoms with E-state index in [1.54, 1.807) is 0 Å². The average Bonchev–Trinajstić information content (AvgIpc) is 2.92. The Kier molecular flexibility index (Phi) is 6.25. The number of carbonyl (C=O) groups excluding carboxylic acids is 3. The minimum absolute atomic E-state index is 0.233. The van der Waals surface area contributed by atoms with Crippen LogP contribution in [0.4, 0.5) is 10.5 Å². The van der Waals surface area contributed by atoms with Gasteiger partial charge in [-0.15, -0.1) is 0 Å². The lowest BCUT2D eigenvalue weighted by Gasteiger charge is -2.42. The lowest BCUT2D eigenvalue weighted by Crippen LogP contribution is -2.51. The minimum atomic E-state index is -0.838. The van der Waals surface area contributed by atoms with E-state index in [0.29, 0.717) is 30.4 Å². The highest BCUT2D eigenvalue weighted by Crippen LogP contribution is 2.45. The molecule has 6 nitrogen and oxygen atoms in total. The maximum absolute atomic E-state index is 13.1. The fraction of sp³-hybridized carbons (Fsp3) is 0.625. The van der Waals surface area contributed by atoms with Crippen LogP contribution in [-0.4, -0.2) is 34.8 Å². The second kappa shape index (κ2) is 8.40. The van der Waals surface area contributed by atoms with Gasteiger partial charge in [0.25, 0.3) is 5.91 Å². The Balaban J connectivity index is 1.63. The second-order valence-electron chi connectivity index (χ2n) is 9.85. The van der Waals surface area contributed by atoms with Gasteiger partial charge in [-0.05, 0) is 60.6 Å². The molecule has 1 aliphatic carbocycles. The van der Waals surface area contributed by atoms with Gasteiger partial charge >= 0.3 is 6.03 Å². The first-order valence-electron chi connectivity index (χ1n) is 11.1. The highest BCUT2D eigenvalue weighted by molar-refractivity contribution is 6.10. The monoisotopic (exact) mass is 413 g/mol. The molecule has 1 spiro atoms. The van der Waals surface area contributed by atoms with Crippen molar-refractivity contribution in [3.8, 4) is 0 Å². The number of nitrogens with one attached hydrogen (secondary N) is 2. The summed E-state index contributed by atoms with van der Waals surface area (Å²) in [6, 6.07) is 7.18. The van der Waals surface area contributed by atoms with E-state index < -0.39 is 11.6 Å². The molecule has 1 saturated carbocycles. The van der Waals surface area contributed by atoms with Crippen LogP contribution in [0.3, 0.4) is 0 Å². The molecule has 2 aliphatic rings. The molecule has 3 rings (SSSR count). The maximum Gasteiger partial charge on any atom is 0.325 e. The number of carbonyl (C=O) groups is 3. The zero-order valence-electron chi connectivity index (χ0n) is 18.9. The van der Waals surface area contributed by atoms with Gasteiger partial charge in [0, 0.05) is 5.69 Å².